The fourth-order valence-corrected chi connectivity index (χ4v) is 2.56. The Bertz CT molecular complexity index is 521. The topological polar surface area (TPSA) is 37.9 Å². The van der Waals surface area contributed by atoms with E-state index in [1.165, 1.54) is 17.8 Å². The van der Waals surface area contributed by atoms with Gasteiger partial charge in [-0.15, -0.1) is 0 Å². The summed E-state index contributed by atoms with van der Waals surface area (Å²) in [5.41, 5.74) is 2.45. The second kappa shape index (κ2) is 5.02. The number of halogens is 1. The Labute approximate surface area is 111 Å². The highest BCUT2D eigenvalue weighted by atomic mass is 35.5. The van der Waals surface area contributed by atoms with Crippen molar-refractivity contribution in [3.63, 3.8) is 0 Å². The molecule has 1 heterocycles. The predicted molar refractivity (Wildman–Crippen MR) is 71.2 cm³/mol. The number of fused-ring (bicyclic) bond motifs is 1. The van der Waals surface area contributed by atoms with Gasteiger partial charge in [0.15, 0.2) is 0 Å². The molecule has 0 saturated carbocycles. The molecular formula is C14H15ClN2O. The summed E-state index contributed by atoms with van der Waals surface area (Å²) in [5.74, 6) is 1.26. The molecule has 1 aromatic heterocycles. The smallest absolute Gasteiger partial charge is 0.119 e. The van der Waals surface area contributed by atoms with Crippen LogP contribution >= 0.6 is 11.6 Å². The third-order valence-electron chi connectivity index (χ3n) is 3.38. The van der Waals surface area contributed by atoms with Crippen LogP contribution in [0.5, 0.6) is 5.75 Å². The quantitative estimate of drug-likeness (QED) is 0.918. The van der Waals surface area contributed by atoms with Crippen molar-refractivity contribution in [2.75, 3.05) is 6.61 Å². The van der Waals surface area contributed by atoms with Crippen LogP contribution in [0.1, 0.15) is 30.1 Å². The van der Waals surface area contributed by atoms with Crippen LogP contribution in [0, 0.1) is 0 Å². The normalized spacial score (nSPS) is 18.4. The summed E-state index contributed by atoms with van der Waals surface area (Å²) in [7, 11) is 0. The third-order valence-corrected chi connectivity index (χ3v) is 3.63. The standard InChI is InChI=1S/C14H15ClN2O/c15-11-4-6-12(7-5-11)18-8-10-2-1-3-13-14(10)17-9-16-13/h4-7,9-10H,1-3,8H2,(H,16,17). The van der Waals surface area contributed by atoms with E-state index in [4.69, 9.17) is 16.3 Å². The number of rotatable bonds is 3. The molecule has 94 valence electrons. The van der Waals surface area contributed by atoms with Crippen molar-refractivity contribution in [3.05, 3.63) is 47.0 Å². The zero-order valence-electron chi connectivity index (χ0n) is 10.0. The highest BCUT2D eigenvalue weighted by Crippen LogP contribution is 2.29. The Morgan fingerprint density at radius 2 is 2.17 bits per heavy atom. The maximum absolute atomic E-state index is 5.84. The monoisotopic (exact) mass is 262 g/mol. The number of ether oxygens (including phenoxy) is 1. The first-order chi connectivity index (χ1) is 8.83. The maximum Gasteiger partial charge on any atom is 0.119 e. The maximum atomic E-state index is 5.84. The molecule has 3 rings (SSSR count). The van der Waals surface area contributed by atoms with Crippen LogP contribution in [0.2, 0.25) is 5.02 Å². The molecule has 0 radical (unpaired) electrons. The summed E-state index contributed by atoms with van der Waals surface area (Å²) in [6.07, 6.45) is 5.23. The number of nitrogens with zero attached hydrogens (tertiary/aromatic N) is 1. The molecule has 18 heavy (non-hydrogen) atoms. The van der Waals surface area contributed by atoms with E-state index >= 15 is 0 Å². The average molecular weight is 263 g/mol. The van der Waals surface area contributed by atoms with E-state index in [1.807, 2.05) is 24.3 Å². The van der Waals surface area contributed by atoms with Crippen LogP contribution in [0.4, 0.5) is 0 Å². The number of H-pyrrole nitrogens is 1. The molecule has 2 aromatic rings. The van der Waals surface area contributed by atoms with Crippen molar-refractivity contribution in [2.24, 2.45) is 0 Å². The van der Waals surface area contributed by atoms with Gasteiger partial charge in [-0.1, -0.05) is 11.6 Å². The largest absolute Gasteiger partial charge is 0.493 e. The molecule has 1 unspecified atom stereocenters. The van der Waals surface area contributed by atoms with Gasteiger partial charge in [-0.25, -0.2) is 4.98 Å². The van der Waals surface area contributed by atoms with Crippen molar-refractivity contribution >= 4 is 11.6 Å². The number of hydrogen-bond donors (Lipinski definition) is 1. The van der Waals surface area contributed by atoms with Crippen LogP contribution in [0.15, 0.2) is 30.6 Å². The molecule has 1 aliphatic carbocycles. The molecule has 1 aliphatic rings. The van der Waals surface area contributed by atoms with Crippen LogP contribution in [0.3, 0.4) is 0 Å². The van der Waals surface area contributed by atoms with E-state index in [2.05, 4.69) is 9.97 Å². The van der Waals surface area contributed by atoms with E-state index in [-0.39, 0.29) is 0 Å². The van der Waals surface area contributed by atoms with E-state index in [0.717, 1.165) is 23.6 Å². The fraction of sp³-hybridized carbons (Fsp3) is 0.357. The Hall–Kier alpha value is -1.48. The minimum Gasteiger partial charge on any atom is -0.493 e. The molecule has 0 saturated heterocycles. The van der Waals surface area contributed by atoms with E-state index in [0.29, 0.717) is 12.5 Å². The summed E-state index contributed by atoms with van der Waals surface area (Å²) in [6, 6.07) is 7.49. The molecule has 0 fully saturated rings. The van der Waals surface area contributed by atoms with Gasteiger partial charge in [0.25, 0.3) is 0 Å². The van der Waals surface area contributed by atoms with E-state index in [9.17, 15) is 0 Å². The lowest BCUT2D eigenvalue weighted by molar-refractivity contribution is 0.272. The van der Waals surface area contributed by atoms with E-state index in [1.54, 1.807) is 6.33 Å². The van der Waals surface area contributed by atoms with Crippen molar-refractivity contribution in [1.29, 1.82) is 0 Å². The van der Waals surface area contributed by atoms with Gasteiger partial charge in [0.2, 0.25) is 0 Å². The fourth-order valence-electron chi connectivity index (χ4n) is 2.44. The number of imidazole rings is 1. The van der Waals surface area contributed by atoms with Gasteiger partial charge in [-0.2, -0.15) is 0 Å². The Morgan fingerprint density at radius 3 is 3.00 bits per heavy atom. The van der Waals surface area contributed by atoms with Crippen molar-refractivity contribution in [3.8, 4) is 5.75 Å². The molecule has 0 amide bonds. The molecule has 1 aromatic carbocycles. The molecule has 1 N–H and O–H groups in total. The lowest BCUT2D eigenvalue weighted by atomic mass is 9.90. The number of hydrogen-bond acceptors (Lipinski definition) is 2. The molecule has 1 atom stereocenters. The molecule has 0 bridgehead atoms. The average Bonchev–Trinajstić information content (AvgIpc) is 2.87. The number of benzene rings is 1. The number of aromatic nitrogens is 2. The first kappa shape index (κ1) is 11.6. The lowest BCUT2D eigenvalue weighted by Crippen LogP contribution is -2.16. The van der Waals surface area contributed by atoms with Crippen LogP contribution < -0.4 is 4.74 Å². The number of aryl methyl sites for hydroxylation is 1. The second-order valence-electron chi connectivity index (χ2n) is 4.62. The molecule has 0 aliphatic heterocycles. The van der Waals surface area contributed by atoms with E-state index < -0.39 is 0 Å². The minimum atomic E-state index is 0.399. The number of aromatic amines is 1. The van der Waals surface area contributed by atoms with Gasteiger partial charge in [0.1, 0.15) is 5.75 Å². The molecule has 4 heteroatoms. The zero-order chi connectivity index (χ0) is 12.4. The first-order valence-electron chi connectivity index (χ1n) is 6.23. The van der Waals surface area contributed by atoms with Crippen molar-refractivity contribution in [2.45, 2.75) is 25.2 Å². The molecule has 0 spiro atoms. The summed E-state index contributed by atoms with van der Waals surface area (Å²) in [4.78, 5) is 7.62. The third kappa shape index (κ3) is 2.36. The first-order valence-corrected chi connectivity index (χ1v) is 6.61. The van der Waals surface area contributed by atoms with Gasteiger partial charge in [0.05, 0.1) is 18.6 Å². The highest BCUT2D eigenvalue weighted by Gasteiger charge is 2.23. The SMILES string of the molecule is Clc1ccc(OCC2CCCc3[nH]cnc32)cc1. The summed E-state index contributed by atoms with van der Waals surface area (Å²) >= 11 is 5.84. The summed E-state index contributed by atoms with van der Waals surface area (Å²) < 4.78 is 5.81. The molecule has 3 nitrogen and oxygen atoms in total. The highest BCUT2D eigenvalue weighted by molar-refractivity contribution is 6.30. The Balaban J connectivity index is 1.66. The second-order valence-corrected chi connectivity index (χ2v) is 5.06. The Morgan fingerprint density at radius 1 is 1.33 bits per heavy atom. The van der Waals surface area contributed by atoms with Crippen LogP contribution in [-0.4, -0.2) is 16.6 Å². The van der Waals surface area contributed by atoms with Crippen molar-refractivity contribution in [1.82, 2.24) is 9.97 Å². The van der Waals surface area contributed by atoms with Gasteiger partial charge >= 0.3 is 0 Å². The summed E-state index contributed by atoms with van der Waals surface area (Å²) in [6.45, 7) is 0.680. The zero-order valence-corrected chi connectivity index (χ0v) is 10.8. The van der Waals surface area contributed by atoms with Gasteiger partial charge in [-0.05, 0) is 43.5 Å². The Kier molecular flexibility index (Phi) is 3.24. The van der Waals surface area contributed by atoms with Crippen LogP contribution in [-0.2, 0) is 6.42 Å². The van der Waals surface area contributed by atoms with Gasteiger partial charge in [0, 0.05) is 16.6 Å². The molecular weight excluding hydrogens is 248 g/mol. The number of nitrogens with one attached hydrogen (secondary N) is 1. The predicted octanol–water partition coefficient (Wildman–Crippen LogP) is 3.56. The van der Waals surface area contributed by atoms with Crippen molar-refractivity contribution < 1.29 is 4.74 Å². The van der Waals surface area contributed by atoms with Gasteiger partial charge < -0.3 is 9.72 Å². The summed E-state index contributed by atoms with van der Waals surface area (Å²) in [5, 5.41) is 0.731. The van der Waals surface area contributed by atoms with Crippen LogP contribution in [0.25, 0.3) is 0 Å². The minimum absolute atomic E-state index is 0.399. The van der Waals surface area contributed by atoms with Gasteiger partial charge in [-0.3, -0.25) is 0 Å². The lowest BCUT2D eigenvalue weighted by Gasteiger charge is -2.21.